The van der Waals surface area contributed by atoms with Crippen molar-refractivity contribution in [2.24, 2.45) is 5.73 Å². The quantitative estimate of drug-likeness (QED) is 0.476. The molecule has 0 saturated heterocycles. The molecule has 0 bridgehead atoms. The molecule has 0 fully saturated rings. The number of methoxy groups -OCH3 is 1. The van der Waals surface area contributed by atoms with Crippen molar-refractivity contribution in [1.29, 1.82) is 0 Å². The summed E-state index contributed by atoms with van der Waals surface area (Å²) in [4.78, 5) is 10.9. The molecule has 0 aliphatic carbocycles. The zero-order chi connectivity index (χ0) is 21.5. The first kappa shape index (κ1) is 21.4. The maximum Gasteiger partial charge on any atom is 0.255 e. The predicted molar refractivity (Wildman–Crippen MR) is 111 cm³/mol. The number of nitrogens with one attached hydrogen (secondary N) is 1. The van der Waals surface area contributed by atoms with E-state index in [4.69, 9.17) is 15.2 Å². The van der Waals surface area contributed by atoms with Crippen LogP contribution in [0.1, 0.15) is 17.0 Å². The van der Waals surface area contributed by atoms with Gasteiger partial charge in [-0.3, -0.25) is 4.79 Å². The lowest BCUT2D eigenvalue weighted by Gasteiger charge is -2.14. The Morgan fingerprint density at radius 1 is 1.17 bits per heavy atom. The first-order valence-corrected chi connectivity index (χ1v) is 10.1. The van der Waals surface area contributed by atoms with Gasteiger partial charge in [-0.05, 0) is 42.3 Å². The zero-order valence-corrected chi connectivity index (χ0v) is 17.4. The Hall–Kier alpha value is -3.27. The average molecular weight is 431 g/mol. The van der Waals surface area contributed by atoms with Crippen molar-refractivity contribution in [3.8, 4) is 11.5 Å². The van der Waals surface area contributed by atoms with Gasteiger partial charge in [0.2, 0.25) is 5.16 Å². The molecule has 0 spiro atoms. The fourth-order valence-electron chi connectivity index (χ4n) is 2.61. The molecule has 3 aromatic rings. The highest BCUT2D eigenvalue weighted by atomic mass is 32.2. The van der Waals surface area contributed by atoms with Crippen LogP contribution in [0.3, 0.4) is 0 Å². The highest BCUT2D eigenvalue weighted by Gasteiger charge is 2.11. The lowest BCUT2D eigenvalue weighted by molar-refractivity contribution is -0.119. The molecule has 1 aromatic heterocycles. The molecule has 10 heteroatoms. The number of amides is 1. The normalized spacial score (nSPS) is 10.6. The standard InChI is InChI=1S/C20H22FN5O3S/c1-13-24-25-20(30-12-14-3-6-16(21)7-4-14)26(13)23-10-15-5-8-17(18(9-15)28-2)29-11-19(22)27/h3-9,23H,10-12H2,1-2H3,(H2,22,27). The van der Waals surface area contributed by atoms with Crippen LogP contribution in [0, 0.1) is 12.7 Å². The molecule has 1 amide bonds. The number of nitrogens with zero attached hydrogens (tertiary/aromatic N) is 3. The topological polar surface area (TPSA) is 104 Å². The van der Waals surface area contributed by atoms with Crippen LogP contribution >= 0.6 is 11.8 Å². The summed E-state index contributed by atoms with van der Waals surface area (Å²) >= 11 is 1.50. The van der Waals surface area contributed by atoms with Gasteiger partial charge in [0.15, 0.2) is 18.1 Å². The van der Waals surface area contributed by atoms with Crippen molar-refractivity contribution < 1.29 is 18.7 Å². The smallest absolute Gasteiger partial charge is 0.255 e. The summed E-state index contributed by atoms with van der Waals surface area (Å²) in [5.74, 6) is 1.48. The number of carbonyl (C=O) groups is 1. The molecule has 1 heterocycles. The van der Waals surface area contributed by atoms with Gasteiger partial charge in [0, 0.05) is 5.75 Å². The van der Waals surface area contributed by atoms with Gasteiger partial charge in [0.1, 0.15) is 11.6 Å². The summed E-state index contributed by atoms with van der Waals surface area (Å²) in [5, 5.41) is 9.02. The van der Waals surface area contributed by atoms with E-state index < -0.39 is 5.91 Å². The largest absolute Gasteiger partial charge is 0.493 e. The number of nitrogens with two attached hydrogens (primary N) is 1. The van der Waals surface area contributed by atoms with Crippen LogP contribution in [0.25, 0.3) is 0 Å². The molecule has 0 atom stereocenters. The molecular formula is C20H22FN5O3S. The highest BCUT2D eigenvalue weighted by molar-refractivity contribution is 7.98. The van der Waals surface area contributed by atoms with E-state index in [1.54, 1.807) is 22.9 Å². The Bertz CT molecular complexity index is 1010. The van der Waals surface area contributed by atoms with Gasteiger partial charge in [-0.25, -0.2) is 9.07 Å². The van der Waals surface area contributed by atoms with E-state index in [9.17, 15) is 9.18 Å². The fourth-order valence-corrected chi connectivity index (χ4v) is 3.52. The summed E-state index contributed by atoms with van der Waals surface area (Å²) in [5.41, 5.74) is 10.3. The lowest BCUT2D eigenvalue weighted by atomic mass is 10.2. The Kier molecular flexibility index (Phi) is 7.12. The number of hydrogen-bond acceptors (Lipinski definition) is 7. The third-order valence-corrected chi connectivity index (χ3v) is 5.12. The third kappa shape index (κ3) is 5.63. The molecule has 0 aliphatic heterocycles. The summed E-state index contributed by atoms with van der Waals surface area (Å²) in [6.07, 6.45) is 0. The Morgan fingerprint density at radius 2 is 1.90 bits per heavy atom. The van der Waals surface area contributed by atoms with Gasteiger partial charge in [-0.15, -0.1) is 10.2 Å². The van der Waals surface area contributed by atoms with E-state index in [0.29, 0.717) is 34.8 Å². The van der Waals surface area contributed by atoms with Gasteiger partial charge in [0.25, 0.3) is 5.91 Å². The number of rotatable bonds is 10. The van der Waals surface area contributed by atoms with E-state index in [0.717, 1.165) is 11.1 Å². The van der Waals surface area contributed by atoms with Gasteiger partial charge in [-0.2, -0.15) is 0 Å². The van der Waals surface area contributed by atoms with Crippen molar-refractivity contribution in [3.63, 3.8) is 0 Å². The summed E-state index contributed by atoms with van der Waals surface area (Å²) in [6, 6.07) is 11.8. The first-order chi connectivity index (χ1) is 14.5. The van der Waals surface area contributed by atoms with Gasteiger partial charge in [0.05, 0.1) is 13.7 Å². The van der Waals surface area contributed by atoms with Crippen LogP contribution in [0.5, 0.6) is 11.5 Å². The Balaban J connectivity index is 1.64. The Labute approximate surface area is 177 Å². The zero-order valence-electron chi connectivity index (χ0n) is 16.6. The second kappa shape index (κ2) is 9.97. The van der Waals surface area contributed by atoms with Crippen LogP contribution in [-0.2, 0) is 17.1 Å². The molecule has 0 saturated carbocycles. The number of aromatic nitrogens is 3. The van der Waals surface area contributed by atoms with Crippen molar-refractivity contribution in [2.45, 2.75) is 24.4 Å². The van der Waals surface area contributed by atoms with Crippen LogP contribution in [0.4, 0.5) is 4.39 Å². The fraction of sp³-hybridized carbons (Fsp3) is 0.250. The minimum atomic E-state index is -0.559. The second-order valence-corrected chi connectivity index (χ2v) is 7.30. The van der Waals surface area contributed by atoms with E-state index in [1.165, 1.54) is 31.0 Å². The van der Waals surface area contributed by atoms with E-state index >= 15 is 0 Å². The van der Waals surface area contributed by atoms with Crippen molar-refractivity contribution in [1.82, 2.24) is 14.9 Å². The maximum absolute atomic E-state index is 13.1. The van der Waals surface area contributed by atoms with Crippen LogP contribution in [0.2, 0.25) is 0 Å². The second-order valence-electron chi connectivity index (χ2n) is 6.36. The number of ether oxygens (including phenoxy) is 2. The SMILES string of the molecule is COc1cc(CNn2c(C)nnc2SCc2ccc(F)cc2)ccc1OCC(N)=O. The molecule has 2 aromatic carbocycles. The minimum Gasteiger partial charge on any atom is -0.493 e. The average Bonchev–Trinajstić information content (AvgIpc) is 3.09. The molecule has 30 heavy (non-hydrogen) atoms. The summed E-state index contributed by atoms with van der Waals surface area (Å²) < 4.78 is 25.5. The molecule has 0 aliphatic rings. The summed E-state index contributed by atoms with van der Waals surface area (Å²) in [7, 11) is 1.53. The van der Waals surface area contributed by atoms with Gasteiger partial charge < -0.3 is 20.6 Å². The number of primary amides is 1. The lowest BCUT2D eigenvalue weighted by Crippen LogP contribution is -2.20. The van der Waals surface area contributed by atoms with Gasteiger partial charge >= 0.3 is 0 Å². The van der Waals surface area contributed by atoms with Gasteiger partial charge in [-0.1, -0.05) is 30.0 Å². The van der Waals surface area contributed by atoms with E-state index in [2.05, 4.69) is 15.6 Å². The van der Waals surface area contributed by atoms with E-state index in [1.807, 2.05) is 19.1 Å². The molecule has 0 unspecified atom stereocenters. The van der Waals surface area contributed by atoms with E-state index in [-0.39, 0.29) is 12.4 Å². The van der Waals surface area contributed by atoms with Crippen molar-refractivity contribution in [3.05, 3.63) is 65.2 Å². The monoisotopic (exact) mass is 431 g/mol. The predicted octanol–water partition coefficient (Wildman–Crippen LogP) is 2.63. The number of hydrogen-bond donors (Lipinski definition) is 2. The maximum atomic E-state index is 13.1. The van der Waals surface area contributed by atoms with Crippen molar-refractivity contribution in [2.75, 3.05) is 19.1 Å². The molecular weight excluding hydrogens is 409 g/mol. The van der Waals surface area contributed by atoms with Crippen LogP contribution < -0.4 is 20.6 Å². The molecule has 158 valence electrons. The van der Waals surface area contributed by atoms with Crippen LogP contribution in [0.15, 0.2) is 47.6 Å². The Morgan fingerprint density at radius 3 is 2.60 bits per heavy atom. The number of thioether (sulfide) groups is 1. The molecule has 0 radical (unpaired) electrons. The van der Waals surface area contributed by atoms with Crippen molar-refractivity contribution >= 4 is 17.7 Å². The van der Waals surface area contributed by atoms with Crippen LogP contribution in [-0.4, -0.2) is 34.5 Å². The molecule has 8 nitrogen and oxygen atoms in total. The minimum absolute atomic E-state index is 0.220. The number of benzene rings is 2. The number of carbonyl (C=O) groups excluding carboxylic acids is 1. The first-order valence-electron chi connectivity index (χ1n) is 9.07. The number of halogens is 1. The summed E-state index contributed by atoms with van der Waals surface area (Å²) in [6.45, 7) is 2.11. The third-order valence-electron chi connectivity index (χ3n) is 4.12. The highest BCUT2D eigenvalue weighted by Crippen LogP contribution is 2.28. The molecule has 3 rings (SSSR count). The number of aryl methyl sites for hydroxylation is 1. The molecule has 3 N–H and O–H groups in total.